The van der Waals surface area contributed by atoms with Crippen LogP contribution in [0.15, 0.2) is 18.2 Å². The van der Waals surface area contributed by atoms with Gasteiger partial charge >= 0.3 is 12.0 Å². The Kier molecular flexibility index (Phi) is 4.33. The minimum atomic E-state index is -1.08. The molecular formula is C11H15N3O3. The van der Waals surface area contributed by atoms with Crippen LogP contribution in [0.2, 0.25) is 0 Å². The van der Waals surface area contributed by atoms with Gasteiger partial charge in [0.05, 0.1) is 0 Å². The Balaban J connectivity index is 2.42. The summed E-state index contributed by atoms with van der Waals surface area (Å²) in [5.41, 5.74) is 8.20. The minimum Gasteiger partial charge on any atom is -0.480 e. The van der Waals surface area contributed by atoms with Gasteiger partial charge in [-0.3, -0.25) is 4.79 Å². The lowest BCUT2D eigenvalue weighted by molar-refractivity contribution is -0.135. The molecule has 0 aliphatic rings. The summed E-state index contributed by atoms with van der Waals surface area (Å²) in [5.74, 6) is -1.08. The molecule has 0 bridgehead atoms. The van der Waals surface area contributed by atoms with Crippen LogP contribution in [0, 0.1) is 6.92 Å². The molecule has 0 atom stereocenters. The molecule has 0 aliphatic heterocycles. The molecular weight excluding hydrogens is 222 g/mol. The van der Waals surface area contributed by atoms with Crippen LogP contribution in [0.4, 0.5) is 10.5 Å². The lowest BCUT2D eigenvalue weighted by Crippen LogP contribution is -2.38. The van der Waals surface area contributed by atoms with Crippen LogP contribution in [-0.2, 0) is 11.3 Å². The van der Waals surface area contributed by atoms with Crippen molar-refractivity contribution in [3.63, 3.8) is 0 Å². The van der Waals surface area contributed by atoms with Crippen molar-refractivity contribution >= 4 is 17.7 Å². The summed E-state index contributed by atoms with van der Waals surface area (Å²) in [4.78, 5) is 21.4. The van der Waals surface area contributed by atoms with Crippen molar-refractivity contribution in [3.8, 4) is 0 Å². The first-order valence-corrected chi connectivity index (χ1v) is 5.07. The van der Waals surface area contributed by atoms with Crippen molar-refractivity contribution in [2.75, 3.05) is 12.3 Å². The zero-order valence-electron chi connectivity index (χ0n) is 9.49. The maximum atomic E-state index is 11.2. The molecule has 0 saturated carbocycles. The van der Waals surface area contributed by atoms with E-state index in [0.717, 1.165) is 11.1 Å². The van der Waals surface area contributed by atoms with E-state index in [4.69, 9.17) is 10.8 Å². The number of nitrogens with two attached hydrogens (primary N) is 1. The van der Waals surface area contributed by atoms with Gasteiger partial charge in [0, 0.05) is 12.2 Å². The fourth-order valence-corrected chi connectivity index (χ4v) is 1.25. The molecule has 1 aromatic carbocycles. The highest BCUT2D eigenvalue weighted by molar-refractivity contribution is 5.79. The van der Waals surface area contributed by atoms with E-state index >= 15 is 0 Å². The highest BCUT2D eigenvalue weighted by Crippen LogP contribution is 2.12. The normalized spacial score (nSPS) is 9.71. The van der Waals surface area contributed by atoms with Crippen LogP contribution < -0.4 is 16.4 Å². The van der Waals surface area contributed by atoms with E-state index in [1.54, 1.807) is 12.1 Å². The topological polar surface area (TPSA) is 104 Å². The quantitative estimate of drug-likeness (QED) is 0.571. The molecule has 0 aromatic heterocycles. The molecule has 0 radical (unpaired) electrons. The van der Waals surface area contributed by atoms with Gasteiger partial charge in [-0.2, -0.15) is 0 Å². The Morgan fingerprint density at radius 2 is 2.06 bits per heavy atom. The van der Waals surface area contributed by atoms with E-state index in [0.29, 0.717) is 12.2 Å². The highest BCUT2D eigenvalue weighted by atomic mass is 16.4. The molecule has 5 N–H and O–H groups in total. The van der Waals surface area contributed by atoms with Crippen LogP contribution in [-0.4, -0.2) is 23.7 Å². The van der Waals surface area contributed by atoms with Gasteiger partial charge in [-0.25, -0.2) is 4.79 Å². The fourth-order valence-electron chi connectivity index (χ4n) is 1.25. The predicted octanol–water partition coefficient (Wildman–Crippen LogP) is 0.461. The van der Waals surface area contributed by atoms with Crippen molar-refractivity contribution in [1.82, 2.24) is 10.6 Å². The first-order valence-electron chi connectivity index (χ1n) is 5.07. The number of urea groups is 1. The third-order valence-electron chi connectivity index (χ3n) is 2.19. The van der Waals surface area contributed by atoms with Crippen molar-refractivity contribution in [2.45, 2.75) is 13.5 Å². The van der Waals surface area contributed by atoms with Crippen molar-refractivity contribution in [2.24, 2.45) is 0 Å². The molecule has 0 fully saturated rings. The Hall–Kier alpha value is -2.24. The van der Waals surface area contributed by atoms with Crippen LogP contribution >= 0.6 is 0 Å². The third kappa shape index (κ3) is 4.42. The summed E-state index contributed by atoms with van der Waals surface area (Å²) >= 11 is 0. The van der Waals surface area contributed by atoms with Gasteiger partial charge < -0.3 is 21.5 Å². The molecule has 17 heavy (non-hydrogen) atoms. The van der Waals surface area contributed by atoms with Crippen molar-refractivity contribution in [3.05, 3.63) is 29.3 Å². The maximum absolute atomic E-state index is 11.2. The Bertz CT molecular complexity index is 432. The average Bonchev–Trinajstić information content (AvgIpc) is 2.28. The Morgan fingerprint density at radius 3 is 2.65 bits per heavy atom. The van der Waals surface area contributed by atoms with Gasteiger partial charge in [0.1, 0.15) is 6.54 Å². The number of amides is 2. The summed E-state index contributed by atoms with van der Waals surface area (Å²) in [5, 5.41) is 13.1. The molecule has 0 heterocycles. The number of hydrogen-bond donors (Lipinski definition) is 4. The smallest absolute Gasteiger partial charge is 0.323 e. The second-order valence-corrected chi connectivity index (χ2v) is 3.62. The van der Waals surface area contributed by atoms with Gasteiger partial charge in [0.2, 0.25) is 0 Å². The molecule has 1 aromatic rings. The van der Waals surface area contributed by atoms with E-state index in [9.17, 15) is 9.59 Å². The molecule has 0 aliphatic carbocycles. The molecule has 6 nitrogen and oxygen atoms in total. The molecule has 92 valence electrons. The first kappa shape index (κ1) is 12.8. The predicted molar refractivity (Wildman–Crippen MR) is 63.5 cm³/mol. The van der Waals surface area contributed by atoms with Crippen LogP contribution in [0.25, 0.3) is 0 Å². The molecule has 0 saturated heterocycles. The van der Waals surface area contributed by atoms with Gasteiger partial charge in [0.25, 0.3) is 0 Å². The van der Waals surface area contributed by atoms with E-state index in [2.05, 4.69) is 10.6 Å². The van der Waals surface area contributed by atoms with E-state index in [-0.39, 0.29) is 0 Å². The number of carbonyl (C=O) groups is 2. The zero-order valence-corrected chi connectivity index (χ0v) is 9.49. The number of carboxylic acid groups (broad SMARTS) is 1. The lowest BCUT2D eigenvalue weighted by atomic mass is 10.1. The lowest BCUT2D eigenvalue weighted by Gasteiger charge is -2.07. The monoisotopic (exact) mass is 237 g/mol. The largest absolute Gasteiger partial charge is 0.480 e. The standard InChI is InChI=1S/C11H15N3O3/c1-7-4-8(2-3-9(7)12)5-13-11(17)14-6-10(15)16/h2-4H,5-6,12H2,1H3,(H,15,16)(H2,13,14,17). The minimum absolute atomic E-state index is 0.326. The SMILES string of the molecule is Cc1cc(CNC(=O)NCC(=O)O)ccc1N. The number of nitrogen functional groups attached to an aromatic ring is 1. The van der Waals surface area contributed by atoms with E-state index in [1.807, 2.05) is 13.0 Å². The molecule has 0 spiro atoms. The number of anilines is 1. The molecule has 1 rings (SSSR count). The third-order valence-corrected chi connectivity index (χ3v) is 2.19. The number of nitrogens with one attached hydrogen (secondary N) is 2. The number of hydrogen-bond acceptors (Lipinski definition) is 3. The van der Waals surface area contributed by atoms with E-state index < -0.39 is 18.5 Å². The average molecular weight is 237 g/mol. The van der Waals surface area contributed by atoms with Gasteiger partial charge in [-0.15, -0.1) is 0 Å². The molecule has 6 heteroatoms. The number of rotatable bonds is 4. The Labute approximate surface area is 98.8 Å². The second kappa shape index (κ2) is 5.74. The Morgan fingerprint density at radius 1 is 1.35 bits per heavy atom. The molecule has 0 unspecified atom stereocenters. The van der Waals surface area contributed by atoms with Gasteiger partial charge in [-0.05, 0) is 24.1 Å². The number of carbonyl (C=O) groups excluding carboxylic acids is 1. The highest BCUT2D eigenvalue weighted by Gasteiger charge is 2.03. The van der Waals surface area contributed by atoms with Crippen LogP contribution in [0.3, 0.4) is 0 Å². The maximum Gasteiger partial charge on any atom is 0.323 e. The first-order chi connectivity index (χ1) is 7.99. The second-order valence-electron chi connectivity index (χ2n) is 3.62. The summed E-state index contributed by atoms with van der Waals surface area (Å²) in [6, 6.07) is 4.93. The summed E-state index contributed by atoms with van der Waals surface area (Å²) in [7, 11) is 0. The summed E-state index contributed by atoms with van der Waals surface area (Å²) in [6.45, 7) is 1.81. The number of carboxylic acids is 1. The summed E-state index contributed by atoms with van der Waals surface area (Å²) in [6.07, 6.45) is 0. The van der Waals surface area contributed by atoms with Crippen molar-refractivity contribution in [1.29, 1.82) is 0 Å². The number of aliphatic carboxylic acids is 1. The van der Waals surface area contributed by atoms with Crippen molar-refractivity contribution < 1.29 is 14.7 Å². The number of benzene rings is 1. The van der Waals surface area contributed by atoms with Crippen LogP contribution in [0.1, 0.15) is 11.1 Å². The van der Waals surface area contributed by atoms with E-state index in [1.165, 1.54) is 0 Å². The van der Waals surface area contributed by atoms with Crippen LogP contribution in [0.5, 0.6) is 0 Å². The summed E-state index contributed by atoms with van der Waals surface area (Å²) < 4.78 is 0. The molecule has 2 amide bonds. The number of aryl methyl sites for hydroxylation is 1. The van der Waals surface area contributed by atoms with Gasteiger partial charge in [-0.1, -0.05) is 12.1 Å². The van der Waals surface area contributed by atoms with Gasteiger partial charge in [0.15, 0.2) is 0 Å². The fraction of sp³-hybridized carbons (Fsp3) is 0.273. The zero-order chi connectivity index (χ0) is 12.8.